The summed E-state index contributed by atoms with van der Waals surface area (Å²) in [6, 6.07) is 14.5. The molecule has 1 aliphatic rings. The normalized spacial score (nSPS) is 13.4. The fourth-order valence-electron chi connectivity index (χ4n) is 3.73. The molecule has 0 spiro atoms. The number of aromatic nitrogens is 1. The maximum Gasteiger partial charge on any atom is 0.264 e. The molecule has 0 bridgehead atoms. The van der Waals surface area contributed by atoms with Crippen molar-refractivity contribution >= 4 is 27.3 Å². The minimum absolute atomic E-state index is 0.0384. The Hall–Kier alpha value is -3.59. The van der Waals surface area contributed by atoms with Crippen molar-refractivity contribution in [2.45, 2.75) is 17.7 Å². The third-order valence-corrected chi connectivity index (χ3v) is 7.26. The number of pyridine rings is 1. The molecule has 0 radical (unpaired) electrons. The Morgan fingerprint density at radius 1 is 1.09 bits per heavy atom. The van der Waals surface area contributed by atoms with E-state index in [0.717, 1.165) is 5.56 Å². The highest BCUT2D eigenvalue weighted by molar-refractivity contribution is 7.92. The number of nitrogens with zero attached hydrogens (tertiary/aromatic N) is 2. The lowest BCUT2D eigenvalue weighted by Gasteiger charge is -2.31. The maximum atomic E-state index is 13.2. The van der Waals surface area contributed by atoms with Crippen LogP contribution in [0, 0.1) is 0 Å². The van der Waals surface area contributed by atoms with Gasteiger partial charge in [-0.3, -0.25) is 13.9 Å². The Bertz CT molecular complexity index is 1330. The number of amides is 1. The summed E-state index contributed by atoms with van der Waals surface area (Å²) in [4.78, 5) is 24.9. The number of rotatable bonds is 5. The second-order valence-corrected chi connectivity index (χ2v) is 9.35. The Labute approximate surface area is 186 Å². The number of sulfonamides is 1. The molecule has 0 fully saturated rings. The molecule has 0 saturated heterocycles. The van der Waals surface area contributed by atoms with Crippen LogP contribution in [0.5, 0.6) is 5.75 Å². The molecule has 2 aromatic carbocycles. The number of fused-ring (bicyclic) bond motifs is 1. The average Bonchev–Trinajstić information content (AvgIpc) is 2.80. The zero-order valence-electron chi connectivity index (χ0n) is 17.7. The lowest BCUT2D eigenvalue weighted by molar-refractivity contribution is 0.102. The molecule has 32 heavy (non-hydrogen) atoms. The van der Waals surface area contributed by atoms with Crippen molar-refractivity contribution < 1.29 is 17.9 Å². The Morgan fingerprint density at radius 2 is 1.84 bits per heavy atom. The smallest absolute Gasteiger partial charge is 0.264 e. The summed E-state index contributed by atoms with van der Waals surface area (Å²) < 4.78 is 34.3. The third-order valence-electron chi connectivity index (χ3n) is 5.43. The van der Waals surface area contributed by atoms with E-state index in [1.165, 1.54) is 34.2 Å². The summed E-state index contributed by atoms with van der Waals surface area (Å²) in [5.41, 5.74) is 1.55. The molecule has 9 heteroatoms. The number of carbonyl (C=O) groups excluding carboxylic acids is 1. The lowest BCUT2D eigenvalue weighted by Crippen LogP contribution is -2.35. The minimum Gasteiger partial charge on any atom is -0.497 e. The van der Waals surface area contributed by atoms with Gasteiger partial charge in [0.1, 0.15) is 11.3 Å². The maximum absolute atomic E-state index is 13.2. The number of benzene rings is 2. The van der Waals surface area contributed by atoms with Gasteiger partial charge in [0, 0.05) is 25.5 Å². The van der Waals surface area contributed by atoms with E-state index in [1.807, 2.05) is 0 Å². The van der Waals surface area contributed by atoms with Gasteiger partial charge >= 0.3 is 0 Å². The first kappa shape index (κ1) is 21.6. The number of carbonyl (C=O) groups is 1. The van der Waals surface area contributed by atoms with Gasteiger partial charge in [0.25, 0.3) is 21.5 Å². The predicted octanol–water partition coefficient (Wildman–Crippen LogP) is 2.79. The van der Waals surface area contributed by atoms with Crippen molar-refractivity contribution in [3.05, 3.63) is 82.3 Å². The van der Waals surface area contributed by atoms with Gasteiger partial charge < -0.3 is 14.6 Å². The van der Waals surface area contributed by atoms with Gasteiger partial charge in [-0.2, -0.15) is 0 Å². The lowest BCUT2D eigenvalue weighted by atomic mass is 10.0. The summed E-state index contributed by atoms with van der Waals surface area (Å²) in [5, 5.41) is 2.74. The first-order chi connectivity index (χ1) is 15.3. The van der Waals surface area contributed by atoms with Crippen molar-refractivity contribution in [1.29, 1.82) is 0 Å². The highest BCUT2D eigenvalue weighted by Gasteiger charge is 2.29. The summed E-state index contributed by atoms with van der Waals surface area (Å²) >= 11 is 0. The second-order valence-electron chi connectivity index (χ2n) is 7.49. The molecule has 1 aliphatic heterocycles. The summed E-state index contributed by atoms with van der Waals surface area (Å²) in [5.74, 6) is 0.0706. The zero-order valence-corrected chi connectivity index (χ0v) is 18.6. The Balaban J connectivity index is 1.62. The molecule has 8 nitrogen and oxygen atoms in total. The molecule has 3 aromatic rings. The number of nitrogens with one attached hydrogen (secondary N) is 1. The number of anilines is 2. The minimum atomic E-state index is -3.74. The number of methoxy groups -OCH3 is 1. The van der Waals surface area contributed by atoms with E-state index in [4.69, 9.17) is 4.74 Å². The Kier molecular flexibility index (Phi) is 5.75. The first-order valence-electron chi connectivity index (χ1n) is 10.1. The summed E-state index contributed by atoms with van der Waals surface area (Å²) in [7, 11) is -0.640. The van der Waals surface area contributed by atoms with E-state index in [1.54, 1.807) is 49.6 Å². The van der Waals surface area contributed by atoms with Gasteiger partial charge in [-0.1, -0.05) is 0 Å². The van der Waals surface area contributed by atoms with Gasteiger partial charge in [0.15, 0.2) is 0 Å². The molecule has 0 saturated carbocycles. The Morgan fingerprint density at radius 3 is 2.56 bits per heavy atom. The van der Waals surface area contributed by atoms with Gasteiger partial charge in [0.05, 0.1) is 17.7 Å². The average molecular weight is 454 g/mol. The van der Waals surface area contributed by atoms with Crippen LogP contribution in [0.2, 0.25) is 0 Å². The van der Waals surface area contributed by atoms with Crippen LogP contribution < -0.4 is 19.9 Å². The van der Waals surface area contributed by atoms with Crippen LogP contribution in [0.1, 0.15) is 22.3 Å². The van der Waals surface area contributed by atoms with Crippen LogP contribution in [0.15, 0.2) is 70.5 Å². The van der Waals surface area contributed by atoms with Gasteiger partial charge in [0.2, 0.25) is 0 Å². The van der Waals surface area contributed by atoms with Crippen molar-refractivity contribution in [2.24, 2.45) is 7.05 Å². The largest absolute Gasteiger partial charge is 0.497 e. The van der Waals surface area contributed by atoms with E-state index in [0.29, 0.717) is 36.5 Å². The van der Waals surface area contributed by atoms with Crippen LogP contribution in [0.4, 0.5) is 11.4 Å². The molecule has 1 N–H and O–H groups in total. The topological polar surface area (TPSA) is 97.7 Å². The van der Waals surface area contributed by atoms with E-state index in [9.17, 15) is 18.0 Å². The van der Waals surface area contributed by atoms with E-state index in [-0.39, 0.29) is 16.0 Å². The van der Waals surface area contributed by atoms with Crippen LogP contribution in [-0.2, 0) is 23.5 Å². The molecule has 1 aromatic heterocycles. The molecule has 4 rings (SSSR count). The van der Waals surface area contributed by atoms with Crippen LogP contribution in [-0.4, -0.2) is 32.5 Å². The monoisotopic (exact) mass is 453 g/mol. The molecule has 2 heterocycles. The van der Waals surface area contributed by atoms with E-state index < -0.39 is 15.9 Å². The molecule has 1 amide bonds. The number of hydrogen-bond donors (Lipinski definition) is 1. The predicted molar refractivity (Wildman–Crippen MR) is 122 cm³/mol. The molecule has 0 unspecified atom stereocenters. The van der Waals surface area contributed by atoms with E-state index >= 15 is 0 Å². The molecule has 166 valence electrons. The number of aryl methyl sites for hydroxylation is 2. The van der Waals surface area contributed by atoms with Crippen LogP contribution in [0.25, 0.3) is 0 Å². The van der Waals surface area contributed by atoms with Gasteiger partial charge in [-0.05, 0) is 73.0 Å². The van der Waals surface area contributed by atoms with Crippen molar-refractivity contribution in [3.63, 3.8) is 0 Å². The van der Waals surface area contributed by atoms with Gasteiger partial charge in [-0.15, -0.1) is 0 Å². The first-order valence-corrected chi connectivity index (χ1v) is 11.5. The highest BCUT2D eigenvalue weighted by atomic mass is 32.2. The van der Waals surface area contributed by atoms with Crippen LogP contribution in [0.3, 0.4) is 0 Å². The second kappa shape index (κ2) is 8.51. The van der Waals surface area contributed by atoms with E-state index in [2.05, 4.69) is 5.32 Å². The quantitative estimate of drug-likeness (QED) is 0.641. The van der Waals surface area contributed by atoms with Crippen molar-refractivity contribution in [3.8, 4) is 5.75 Å². The molecular formula is C23H23N3O5S. The molecule has 0 aliphatic carbocycles. The SMILES string of the molecule is COc1ccc(S(=O)(=O)N2CCCc3cc(NC(=O)c4cccn(C)c4=O)ccc32)cc1. The van der Waals surface area contributed by atoms with Crippen molar-refractivity contribution in [1.82, 2.24) is 4.57 Å². The van der Waals surface area contributed by atoms with Gasteiger partial charge in [-0.25, -0.2) is 8.42 Å². The fraction of sp³-hybridized carbons (Fsp3) is 0.217. The highest BCUT2D eigenvalue weighted by Crippen LogP contribution is 2.34. The fourth-order valence-corrected chi connectivity index (χ4v) is 5.27. The summed E-state index contributed by atoms with van der Waals surface area (Å²) in [6.07, 6.45) is 2.91. The number of hydrogen-bond acceptors (Lipinski definition) is 5. The third kappa shape index (κ3) is 3.99. The molecule has 0 atom stereocenters. The zero-order chi connectivity index (χ0) is 22.9. The van der Waals surface area contributed by atoms with Crippen LogP contribution >= 0.6 is 0 Å². The summed E-state index contributed by atoms with van der Waals surface area (Å²) in [6.45, 7) is 0.368. The number of ether oxygens (including phenoxy) is 1. The molecular weight excluding hydrogens is 430 g/mol. The standard InChI is InChI=1S/C23H23N3O5S/c1-25-13-4-6-20(23(25)28)22(27)24-17-7-12-21-16(15-17)5-3-14-26(21)32(29,30)19-10-8-18(31-2)9-11-19/h4,6-13,15H,3,5,14H2,1-2H3,(H,24,27). The van der Waals surface area contributed by atoms with Crippen molar-refractivity contribution in [2.75, 3.05) is 23.3 Å².